The zero-order valence-corrected chi connectivity index (χ0v) is 10.7. The normalized spacial score (nSPS) is 17.6. The number of nitrogens with zero attached hydrogens (tertiary/aromatic N) is 1. The topological polar surface area (TPSA) is 15.3 Å². The second kappa shape index (κ2) is 6.16. The van der Waals surface area contributed by atoms with Gasteiger partial charge in [0.05, 0.1) is 6.67 Å². The van der Waals surface area contributed by atoms with E-state index in [1.54, 1.807) is 0 Å². The van der Waals surface area contributed by atoms with E-state index >= 15 is 0 Å². The minimum absolute atomic E-state index is 0.762. The lowest BCUT2D eigenvalue weighted by Gasteiger charge is -2.31. The third-order valence-electron chi connectivity index (χ3n) is 3.12. The zero-order chi connectivity index (χ0) is 11.2. The monoisotopic (exact) mass is 236 g/mol. The first-order chi connectivity index (χ1) is 7.86. The summed E-state index contributed by atoms with van der Waals surface area (Å²) in [6.07, 6.45) is 2.66. The van der Waals surface area contributed by atoms with Crippen molar-refractivity contribution in [1.82, 2.24) is 4.90 Å². The Labute approximate surface area is 102 Å². The molecule has 0 aliphatic carbocycles. The first kappa shape index (κ1) is 11.8. The van der Waals surface area contributed by atoms with Crippen LogP contribution in [-0.4, -0.2) is 36.2 Å². The number of anilines is 1. The Balaban J connectivity index is 1.76. The molecule has 0 atom stereocenters. The van der Waals surface area contributed by atoms with Gasteiger partial charge in [-0.15, -0.1) is 0 Å². The van der Waals surface area contributed by atoms with Gasteiger partial charge in [0.1, 0.15) is 0 Å². The summed E-state index contributed by atoms with van der Waals surface area (Å²) in [6, 6.07) is 11.2. The fraction of sp³-hybridized carbons (Fsp3) is 0.538. The molecule has 1 N–H and O–H groups in total. The van der Waals surface area contributed by atoms with E-state index in [-0.39, 0.29) is 0 Å². The molecule has 0 bridgehead atoms. The second-order valence-corrected chi connectivity index (χ2v) is 5.53. The van der Waals surface area contributed by atoms with Gasteiger partial charge in [0.15, 0.2) is 0 Å². The lowest BCUT2D eigenvalue weighted by Crippen LogP contribution is -2.37. The molecule has 1 aromatic rings. The lowest BCUT2D eigenvalue weighted by atomic mass is 10.1. The summed E-state index contributed by atoms with van der Waals surface area (Å²) in [7, 11) is 2.22. The van der Waals surface area contributed by atoms with Gasteiger partial charge in [0, 0.05) is 11.7 Å². The lowest BCUT2D eigenvalue weighted by molar-refractivity contribution is 0.244. The van der Waals surface area contributed by atoms with Crippen molar-refractivity contribution in [2.45, 2.75) is 18.9 Å². The third-order valence-corrected chi connectivity index (χ3v) is 4.17. The van der Waals surface area contributed by atoms with Crippen molar-refractivity contribution in [1.29, 1.82) is 0 Å². The van der Waals surface area contributed by atoms with Gasteiger partial charge < -0.3 is 5.32 Å². The van der Waals surface area contributed by atoms with Crippen molar-refractivity contribution in [2.75, 3.05) is 30.5 Å². The molecule has 0 spiro atoms. The standard InChI is InChI=1S/C13H20N2S/c1-15(13-7-9-16-10-8-13)11-14-12-5-3-2-4-6-12/h2-6,13-14H,7-11H2,1H3. The molecule has 0 radical (unpaired) electrons. The smallest absolute Gasteiger partial charge is 0.0678 e. The van der Waals surface area contributed by atoms with Crippen molar-refractivity contribution < 1.29 is 0 Å². The number of para-hydroxylation sites is 1. The molecular formula is C13H20N2S. The number of hydrogen-bond donors (Lipinski definition) is 1. The van der Waals surface area contributed by atoms with E-state index in [0.717, 1.165) is 12.7 Å². The van der Waals surface area contributed by atoms with Gasteiger partial charge in [0.2, 0.25) is 0 Å². The number of thioether (sulfide) groups is 1. The SMILES string of the molecule is CN(CNc1ccccc1)C1CCSCC1. The summed E-state index contributed by atoms with van der Waals surface area (Å²) < 4.78 is 0. The van der Waals surface area contributed by atoms with E-state index in [1.807, 2.05) is 6.07 Å². The van der Waals surface area contributed by atoms with Gasteiger partial charge in [-0.2, -0.15) is 11.8 Å². The fourth-order valence-electron chi connectivity index (χ4n) is 2.03. The molecule has 0 unspecified atom stereocenters. The molecule has 1 heterocycles. The third kappa shape index (κ3) is 3.42. The maximum Gasteiger partial charge on any atom is 0.0678 e. The molecule has 0 aromatic heterocycles. The van der Waals surface area contributed by atoms with Crippen molar-refractivity contribution >= 4 is 17.4 Å². The molecule has 16 heavy (non-hydrogen) atoms. The largest absolute Gasteiger partial charge is 0.372 e. The molecule has 1 aliphatic rings. The van der Waals surface area contributed by atoms with Crippen LogP contribution in [0.3, 0.4) is 0 Å². The van der Waals surface area contributed by atoms with Gasteiger partial charge in [0.25, 0.3) is 0 Å². The van der Waals surface area contributed by atoms with Crippen LogP contribution in [0, 0.1) is 0 Å². The highest BCUT2D eigenvalue weighted by Crippen LogP contribution is 2.20. The van der Waals surface area contributed by atoms with Crippen molar-refractivity contribution in [3.05, 3.63) is 30.3 Å². The van der Waals surface area contributed by atoms with Crippen LogP contribution < -0.4 is 5.32 Å². The first-order valence-corrected chi connectivity index (χ1v) is 7.08. The van der Waals surface area contributed by atoms with Crippen LogP contribution in [0.1, 0.15) is 12.8 Å². The summed E-state index contributed by atoms with van der Waals surface area (Å²) >= 11 is 2.08. The van der Waals surface area contributed by atoms with Gasteiger partial charge in [-0.1, -0.05) is 18.2 Å². The maximum absolute atomic E-state index is 3.46. The fourth-order valence-corrected chi connectivity index (χ4v) is 3.11. The minimum atomic E-state index is 0.762. The van der Waals surface area contributed by atoms with E-state index < -0.39 is 0 Å². The highest BCUT2D eigenvalue weighted by Gasteiger charge is 2.17. The molecule has 1 saturated heterocycles. The van der Waals surface area contributed by atoms with Crippen LogP contribution in [0.15, 0.2) is 30.3 Å². The number of hydrogen-bond acceptors (Lipinski definition) is 3. The number of nitrogens with one attached hydrogen (secondary N) is 1. The van der Waals surface area contributed by atoms with Crippen LogP contribution >= 0.6 is 11.8 Å². The van der Waals surface area contributed by atoms with Crippen LogP contribution in [0.5, 0.6) is 0 Å². The Morgan fingerprint density at radius 1 is 1.25 bits per heavy atom. The number of rotatable bonds is 4. The predicted molar refractivity (Wildman–Crippen MR) is 73.0 cm³/mol. The average Bonchev–Trinajstić information content (AvgIpc) is 2.38. The van der Waals surface area contributed by atoms with E-state index in [9.17, 15) is 0 Å². The van der Waals surface area contributed by atoms with Gasteiger partial charge in [-0.05, 0) is 43.5 Å². The predicted octanol–water partition coefficient (Wildman–Crippen LogP) is 2.88. The molecule has 0 amide bonds. The molecule has 88 valence electrons. The highest BCUT2D eigenvalue weighted by atomic mass is 32.2. The molecule has 2 rings (SSSR count). The zero-order valence-electron chi connectivity index (χ0n) is 9.86. The van der Waals surface area contributed by atoms with Crippen LogP contribution in [-0.2, 0) is 0 Å². The van der Waals surface area contributed by atoms with Crippen LogP contribution in [0.2, 0.25) is 0 Å². The van der Waals surface area contributed by atoms with E-state index in [1.165, 1.54) is 30.0 Å². The van der Waals surface area contributed by atoms with Gasteiger partial charge in [-0.25, -0.2) is 0 Å². The summed E-state index contributed by atoms with van der Waals surface area (Å²) in [5.41, 5.74) is 1.21. The summed E-state index contributed by atoms with van der Waals surface area (Å²) in [5.74, 6) is 2.64. The Morgan fingerprint density at radius 3 is 2.62 bits per heavy atom. The quantitative estimate of drug-likeness (QED) is 0.809. The van der Waals surface area contributed by atoms with E-state index in [2.05, 4.69) is 53.3 Å². The summed E-state index contributed by atoms with van der Waals surface area (Å²) in [4.78, 5) is 2.44. The van der Waals surface area contributed by atoms with Crippen molar-refractivity contribution in [3.63, 3.8) is 0 Å². The second-order valence-electron chi connectivity index (χ2n) is 4.30. The van der Waals surface area contributed by atoms with E-state index in [4.69, 9.17) is 0 Å². The molecule has 0 saturated carbocycles. The van der Waals surface area contributed by atoms with Crippen LogP contribution in [0.4, 0.5) is 5.69 Å². The maximum atomic E-state index is 3.46. The first-order valence-electron chi connectivity index (χ1n) is 5.93. The Hall–Kier alpha value is -0.670. The average molecular weight is 236 g/mol. The molecule has 1 aromatic carbocycles. The van der Waals surface area contributed by atoms with Crippen molar-refractivity contribution in [3.8, 4) is 0 Å². The Kier molecular flexibility index (Phi) is 4.55. The summed E-state index contributed by atoms with van der Waals surface area (Å²) in [6.45, 7) is 0.944. The van der Waals surface area contributed by atoms with Gasteiger partial charge in [-0.3, -0.25) is 4.90 Å². The number of benzene rings is 1. The Morgan fingerprint density at radius 2 is 1.94 bits per heavy atom. The molecule has 1 fully saturated rings. The minimum Gasteiger partial charge on any atom is -0.372 e. The molecule has 2 nitrogen and oxygen atoms in total. The summed E-state index contributed by atoms with van der Waals surface area (Å²) in [5, 5.41) is 3.46. The Bertz CT molecular complexity index is 296. The van der Waals surface area contributed by atoms with Gasteiger partial charge >= 0.3 is 0 Å². The molecule has 3 heteroatoms. The van der Waals surface area contributed by atoms with E-state index in [0.29, 0.717) is 0 Å². The van der Waals surface area contributed by atoms with Crippen molar-refractivity contribution in [2.24, 2.45) is 0 Å². The molecular weight excluding hydrogens is 216 g/mol. The molecule has 1 aliphatic heterocycles. The van der Waals surface area contributed by atoms with Crippen LogP contribution in [0.25, 0.3) is 0 Å². The highest BCUT2D eigenvalue weighted by molar-refractivity contribution is 7.99.